The Kier molecular flexibility index (Phi) is 3.62. The van der Waals surface area contributed by atoms with Crippen molar-refractivity contribution in [1.29, 1.82) is 0 Å². The molecule has 4 heteroatoms. The van der Waals surface area contributed by atoms with Gasteiger partial charge in [0.1, 0.15) is 0 Å². The van der Waals surface area contributed by atoms with Gasteiger partial charge in [0.05, 0.1) is 5.69 Å². The molecule has 0 aromatic heterocycles. The van der Waals surface area contributed by atoms with Crippen molar-refractivity contribution in [2.45, 2.75) is 0 Å². The number of hydrogen-bond acceptors (Lipinski definition) is 2. The third-order valence-corrected chi connectivity index (χ3v) is 2.36. The van der Waals surface area contributed by atoms with Crippen molar-refractivity contribution >= 4 is 23.2 Å². The van der Waals surface area contributed by atoms with E-state index in [1.54, 1.807) is 36.4 Å². The Morgan fingerprint density at radius 3 is 2.24 bits per heavy atom. The van der Waals surface area contributed by atoms with E-state index in [9.17, 15) is 4.79 Å². The molecule has 0 radical (unpaired) electrons. The van der Waals surface area contributed by atoms with Crippen molar-refractivity contribution in [3.8, 4) is 0 Å². The molecule has 1 amide bonds. The Morgan fingerprint density at radius 2 is 1.59 bits per heavy atom. The van der Waals surface area contributed by atoms with E-state index < -0.39 is 0 Å². The maximum absolute atomic E-state index is 11.6. The van der Waals surface area contributed by atoms with Crippen LogP contribution in [-0.4, -0.2) is 5.91 Å². The van der Waals surface area contributed by atoms with E-state index in [4.69, 9.17) is 11.6 Å². The summed E-state index contributed by atoms with van der Waals surface area (Å²) in [6.45, 7) is 0. The van der Waals surface area contributed by atoms with Crippen LogP contribution in [0.5, 0.6) is 0 Å². The average molecular weight is 245 g/mol. The number of carbonyl (C=O) groups excluding carboxylic acids is 1. The van der Waals surface area contributed by atoms with Gasteiger partial charge in [-0.1, -0.05) is 29.8 Å². The van der Waals surface area contributed by atoms with Gasteiger partial charge in [-0.25, -0.2) is 0 Å². The lowest BCUT2D eigenvalue weighted by atomic mass is 10.2. The largest absolute Gasteiger partial charge is 0.295 e. The van der Waals surface area contributed by atoms with E-state index in [0.717, 1.165) is 0 Å². The second-order valence-corrected chi connectivity index (χ2v) is 3.78. The summed E-state index contributed by atoms with van der Waals surface area (Å²) in [4.78, 5) is 11.6. The molecule has 0 bridgehead atoms. The molecule has 0 fully saturated rings. The summed E-state index contributed by atoms with van der Waals surface area (Å²) in [5, 5.41) is 8.07. The SMILES string of the molecule is O=C(N=Nc1ccccc1)c1ccc(Cl)cc1. The molecule has 0 aliphatic rings. The van der Waals surface area contributed by atoms with E-state index in [-0.39, 0.29) is 5.91 Å². The zero-order valence-corrected chi connectivity index (χ0v) is 9.63. The van der Waals surface area contributed by atoms with Crippen molar-refractivity contribution in [1.82, 2.24) is 0 Å². The van der Waals surface area contributed by atoms with Crippen LogP contribution in [0.2, 0.25) is 5.02 Å². The molecule has 2 aromatic rings. The van der Waals surface area contributed by atoms with Gasteiger partial charge < -0.3 is 0 Å². The van der Waals surface area contributed by atoms with Crippen LogP contribution < -0.4 is 0 Å². The van der Waals surface area contributed by atoms with E-state index in [2.05, 4.69) is 10.2 Å². The highest BCUT2D eigenvalue weighted by Gasteiger charge is 2.03. The molecule has 0 saturated heterocycles. The van der Waals surface area contributed by atoms with Gasteiger partial charge in [0.25, 0.3) is 5.91 Å². The zero-order chi connectivity index (χ0) is 12.1. The van der Waals surface area contributed by atoms with Crippen LogP contribution in [-0.2, 0) is 0 Å². The predicted octanol–water partition coefficient (Wildman–Crippen LogP) is 4.26. The molecule has 2 rings (SSSR count). The maximum Gasteiger partial charge on any atom is 0.295 e. The molecule has 2 aromatic carbocycles. The fourth-order valence-electron chi connectivity index (χ4n) is 1.25. The first-order valence-corrected chi connectivity index (χ1v) is 5.40. The highest BCUT2D eigenvalue weighted by molar-refractivity contribution is 6.30. The Hall–Kier alpha value is -2.00. The molecule has 0 atom stereocenters. The van der Waals surface area contributed by atoms with Crippen molar-refractivity contribution < 1.29 is 4.79 Å². The third kappa shape index (κ3) is 3.23. The van der Waals surface area contributed by atoms with Crippen LogP contribution in [0, 0.1) is 0 Å². The van der Waals surface area contributed by atoms with Gasteiger partial charge in [-0.05, 0) is 36.4 Å². The van der Waals surface area contributed by atoms with Crippen LogP contribution in [0.4, 0.5) is 5.69 Å². The number of hydrogen-bond donors (Lipinski definition) is 0. The Balaban J connectivity index is 2.12. The Morgan fingerprint density at radius 1 is 0.941 bits per heavy atom. The molecular formula is C13H9ClN2O. The molecule has 17 heavy (non-hydrogen) atoms. The molecule has 0 aliphatic carbocycles. The lowest BCUT2D eigenvalue weighted by Gasteiger charge is -1.94. The molecule has 0 aliphatic heterocycles. The molecule has 3 nitrogen and oxygen atoms in total. The maximum atomic E-state index is 11.6. The van der Waals surface area contributed by atoms with Gasteiger partial charge in [0.15, 0.2) is 0 Å². The minimum Gasteiger partial charge on any atom is -0.265 e. The summed E-state index contributed by atoms with van der Waals surface area (Å²) in [5.41, 5.74) is 1.11. The van der Waals surface area contributed by atoms with Gasteiger partial charge in [-0.2, -0.15) is 0 Å². The predicted molar refractivity (Wildman–Crippen MR) is 66.7 cm³/mol. The molecule has 0 heterocycles. The smallest absolute Gasteiger partial charge is 0.265 e. The van der Waals surface area contributed by atoms with E-state index in [1.807, 2.05) is 18.2 Å². The van der Waals surface area contributed by atoms with Crippen molar-refractivity contribution in [2.75, 3.05) is 0 Å². The molecule has 84 valence electrons. The van der Waals surface area contributed by atoms with Gasteiger partial charge >= 0.3 is 0 Å². The van der Waals surface area contributed by atoms with Gasteiger partial charge in [0.2, 0.25) is 0 Å². The van der Waals surface area contributed by atoms with Crippen molar-refractivity contribution in [3.05, 3.63) is 65.2 Å². The first kappa shape index (κ1) is 11.5. The second kappa shape index (κ2) is 5.37. The average Bonchev–Trinajstić information content (AvgIpc) is 2.38. The summed E-state index contributed by atoms with van der Waals surface area (Å²) in [6, 6.07) is 15.6. The summed E-state index contributed by atoms with van der Waals surface area (Å²) >= 11 is 5.72. The lowest BCUT2D eigenvalue weighted by Crippen LogP contribution is -1.92. The number of nitrogens with zero attached hydrogens (tertiary/aromatic N) is 2. The zero-order valence-electron chi connectivity index (χ0n) is 8.88. The molecule has 0 spiro atoms. The first-order chi connectivity index (χ1) is 8.25. The van der Waals surface area contributed by atoms with E-state index >= 15 is 0 Å². The quantitative estimate of drug-likeness (QED) is 0.728. The fraction of sp³-hybridized carbons (Fsp3) is 0. The summed E-state index contributed by atoms with van der Waals surface area (Å²) in [6.07, 6.45) is 0. The number of carbonyl (C=O) groups is 1. The molecule has 0 unspecified atom stereocenters. The van der Waals surface area contributed by atoms with Crippen LogP contribution in [0.25, 0.3) is 0 Å². The van der Waals surface area contributed by atoms with Gasteiger partial charge in [0, 0.05) is 10.6 Å². The van der Waals surface area contributed by atoms with Crippen LogP contribution in [0.3, 0.4) is 0 Å². The topological polar surface area (TPSA) is 41.8 Å². The first-order valence-electron chi connectivity index (χ1n) is 5.02. The summed E-state index contributed by atoms with van der Waals surface area (Å²) < 4.78 is 0. The molecule has 0 N–H and O–H groups in total. The summed E-state index contributed by atoms with van der Waals surface area (Å²) in [5.74, 6) is -0.384. The standard InChI is InChI=1S/C13H9ClN2O/c14-11-8-6-10(7-9-11)13(17)16-15-12-4-2-1-3-5-12/h1-9H. The monoisotopic (exact) mass is 244 g/mol. The lowest BCUT2D eigenvalue weighted by molar-refractivity contribution is 0.0995. The third-order valence-electron chi connectivity index (χ3n) is 2.10. The normalized spacial score (nSPS) is 10.6. The Bertz CT molecular complexity index is 535. The highest BCUT2D eigenvalue weighted by Crippen LogP contribution is 2.13. The number of rotatable bonds is 2. The van der Waals surface area contributed by atoms with E-state index in [1.165, 1.54) is 0 Å². The minimum atomic E-state index is -0.384. The van der Waals surface area contributed by atoms with E-state index in [0.29, 0.717) is 16.3 Å². The number of azo groups is 1. The second-order valence-electron chi connectivity index (χ2n) is 3.35. The van der Waals surface area contributed by atoms with Crippen LogP contribution >= 0.6 is 11.6 Å². The molecule has 0 saturated carbocycles. The molecular weight excluding hydrogens is 236 g/mol. The Labute approximate surface area is 104 Å². The fourth-order valence-corrected chi connectivity index (χ4v) is 1.37. The number of amides is 1. The van der Waals surface area contributed by atoms with Crippen molar-refractivity contribution in [3.63, 3.8) is 0 Å². The van der Waals surface area contributed by atoms with Crippen LogP contribution in [0.15, 0.2) is 64.8 Å². The minimum absolute atomic E-state index is 0.384. The number of halogens is 1. The van der Waals surface area contributed by atoms with Gasteiger partial charge in [-0.3, -0.25) is 4.79 Å². The summed E-state index contributed by atoms with van der Waals surface area (Å²) in [7, 11) is 0. The van der Waals surface area contributed by atoms with Crippen LogP contribution in [0.1, 0.15) is 10.4 Å². The highest BCUT2D eigenvalue weighted by atomic mass is 35.5. The van der Waals surface area contributed by atoms with Gasteiger partial charge in [-0.15, -0.1) is 10.2 Å². The van der Waals surface area contributed by atoms with Crippen molar-refractivity contribution in [2.24, 2.45) is 10.2 Å². The number of benzene rings is 2.